The molecule has 5 rings (SSSR count). The first-order chi connectivity index (χ1) is 15.1. The zero-order valence-corrected chi connectivity index (χ0v) is 17.6. The topological polar surface area (TPSA) is 76.1 Å². The van der Waals surface area contributed by atoms with Crippen LogP contribution in [-0.2, 0) is 12.8 Å². The quantitative estimate of drug-likeness (QED) is 0.701. The molecule has 4 heterocycles. The lowest BCUT2D eigenvalue weighted by Gasteiger charge is -2.46. The highest BCUT2D eigenvalue weighted by Crippen LogP contribution is 2.33. The molecule has 1 unspecified atom stereocenters. The highest BCUT2D eigenvalue weighted by atomic mass is 19.1. The van der Waals surface area contributed by atoms with Crippen molar-refractivity contribution in [1.29, 1.82) is 0 Å². The van der Waals surface area contributed by atoms with E-state index in [4.69, 9.17) is 5.73 Å². The first-order valence-electron chi connectivity index (χ1n) is 10.7. The van der Waals surface area contributed by atoms with Gasteiger partial charge in [0.2, 0.25) is 0 Å². The predicted molar refractivity (Wildman–Crippen MR) is 119 cm³/mol. The van der Waals surface area contributed by atoms with Crippen LogP contribution >= 0.6 is 0 Å². The van der Waals surface area contributed by atoms with Crippen molar-refractivity contribution in [2.45, 2.75) is 32.2 Å². The van der Waals surface area contributed by atoms with E-state index in [2.05, 4.69) is 37.1 Å². The van der Waals surface area contributed by atoms with Crippen molar-refractivity contribution >= 4 is 11.5 Å². The second-order valence-corrected chi connectivity index (χ2v) is 8.19. The molecule has 7 nitrogen and oxygen atoms in total. The summed E-state index contributed by atoms with van der Waals surface area (Å²) in [4.78, 5) is 13.2. The molecule has 2 aromatic heterocycles. The highest BCUT2D eigenvalue weighted by molar-refractivity contribution is 5.57. The molecular weight excluding hydrogens is 393 g/mol. The smallest absolute Gasteiger partial charge is 0.252 e. The standard InChI is InChI=1S/C23H26FN7/c1-16-18(14-27-31(16)23-26-9-8-22(25)28-23)3-2-10-29-11-12-30-20(15-29)7-5-17-4-6-19(24)13-21(17)30/h2,4,6,8-10,13-14,20H,3,5,7,11-12,15H2,1H3,(H2,25,26,28)/b10-2+. The molecular formula is C23H26FN7. The van der Waals surface area contributed by atoms with Gasteiger partial charge in [-0.05, 0) is 61.7 Å². The van der Waals surface area contributed by atoms with Gasteiger partial charge in [0.05, 0.1) is 6.20 Å². The number of allylic oxidation sites excluding steroid dienone is 1. The SMILES string of the molecule is Cc1c(C/C=C/N2CCN3c4cc(F)ccc4CCC3C2)cnn1-c1nccc(N)n1. The number of nitrogen functional groups attached to an aromatic ring is 1. The van der Waals surface area contributed by atoms with Gasteiger partial charge in [0, 0.05) is 43.3 Å². The third kappa shape index (κ3) is 3.85. The molecule has 1 atom stereocenters. The van der Waals surface area contributed by atoms with Crippen LogP contribution in [-0.4, -0.2) is 50.3 Å². The summed E-state index contributed by atoms with van der Waals surface area (Å²) in [6.07, 6.45) is 10.8. The van der Waals surface area contributed by atoms with Gasteiger partial charge < -0.3 is 15.5 Å². The van der Waals surface area contributed by atoms with E-state index in [9.17, 15) is 4.39 Å². The van der Waals surface area contributed by atoms with Crippen LogP contribution < -0.4 is 10.6 Å². The summed E-state index contributed by atoms with van der Waals surface area (Å²) in [5.41, 5.74) is 10.2. The van der Waals surface area contributed by atoms with Gasteiger partial charge in [-0.3, -0.25) is 0 Å². The number of hydrogen-bond donors (Lipinski definition) is 1. The minimum absolute atomic E-state index is 0.152. The van der Waals surface area contributed by atoms with Crippen molar-refractivity contribution < 1.29 is 4.39 Å². The van der Waals surface area contributed by atoms with E-state index in [1.165, 1.54) is 5.56 Å². The Balaban J connectivity index is 1.23. The molecule has 0 radical (unpaired) electrons. The number of aryl methyl sites for hydroxylation is 1. The largest absolute Gasteiger partial charge is 0.384 e. The van der Waals surface area contributed by atoms with Crippen molar-refractivity contribution in [2.24, 2.45) is 0 Å². The number of benzene rings is 1. The lowest BCUT2D eigenvalue weighted by atomic mass is 9.94. The minimum Gasteiger partial charge on any atom is -0.384 e. The number of piperazine rings is 1. The molecule has 2 aliphatic rings. The summed E-state index contributed by atoms with van der Waals surface area (Å²) in [5.74, 6) is 0.757. The fraction of sp³-hybridized carbons (Fsp3) is 0.348. The van der Waals surface area contributed by atoms with Crippen molar-refractivity contribution in [3.8, 4) is 5.95 Å². The van der Waals surface area contributed by atoms with E-state index in [0.717, 1.165) is 55.8 Å². The van der Waals surface area contributed by atoms with Gasteiger partial charge in [-0.1, -0.05) is 12.1 Å². The molecule has 8 heteroatoms. The van der Waals surface area contributed by atoms with E-state index in [-0.39, 0.29) is 5.82 Å². The number of anilines is 2. The number of nitrogens with two attached hydrogens (primary N) is 1. The van der Waals surface area contributed by atoms with E-state index in [1.54, 1.807) is 29.1 Å². The van der Waals surface area contributed by atoms with Crippen LogP contribution in [0.5, 0.6) is 0 Å². The molecule has 31 heavy (non-hydrogen) atoms. The fourth-order valence-corrected chi connectivity index (χ4v) is 4.56. The van der Waals surface area contributed by atoms with Gasteiger partial charge in [-0.2, -0.15) is 10.1 Å². The third-order valence-corrected chi connectivity index (χ3v) is 6.24. The Bertz CT molecular complexity index is 1120. The van der Waals surface area contributed by atoms with Crippen molar-refractivity contribution in [3.05, 3.63) is 71.6 Å². The van der Waals surface area contributed by atoms with E-state index < -0.39 is 0 Å². The first kappa shape index (κ1) is 19.5. The predicted octanol–water partition coefficient (Wildman–Crippen LogP) is 2.89. The Hall–Kier alpha value is -3.42. The second kappa shape index (κ2) is 8.02. The monoisotopic (exact) mass is 419 g/mol. The molecule has 0 saturated carbocycles. The van der Waals surface area contributed by atoms with Crippen LogP contribution in [0.2, 0.25) is 0 Å². The average molecular weight is 420 g/mol. The number of rotatable bonds is 4. The van der Waals surface area contributed by atoms with Crippen molar-refractivity contribution in [1.82, 2.24) is 24.6 Å². The Labute approximate surface area is 181 Å². The average Bonchev–Trinajstić information content (AvgIpc) is 3.14. The maximum atomic E-state index is 13.8. The summed E-state index contributed by atoms with van der Waals surface area (Å²) in [5, 5.41) is 4.43. The second-order valence-electron chi connectivity index (χ2n) is 8.19. The van der Waals surface area contributed by atoms with Crippen LogP contribution in [0.3, 0.4) is 0 Å². The molecule has 0 amide bonds. The zero-order valence-electron chi connectivity index (χ0n) is 17.6. The fourth-order valence-electron chi connectivity index (χ4n) is 4.56. The van der Waals surface area contributed by atoms with Gasteiger partial charge in [-0.15, -0.1) is 0 Å². The minimum atomic E-state index is -0.152. The van der Waals surface area contributed by atoms with Gasteiger partial charge in [0.1, 0.15) is 11.6 Å². The number of nitrogens with zero attached hydrogens (tertiary/aromatic N) is 6. The van der Waals surface area contributed by atoms with E-state index in [1.807, 2.05) is 19.2 Å². The summed E-state index contributed by atoms with van der Waals surface area (Å²) >= 11 is 0. The molecule has 1 fully saturated rings. The Morgan fingerprint density at radius 1 is 1.26 bits per heavy atom. The van der Waals surface area contributed by atoms with Crippen LogP contribution in [0.15, 0.2) is 48.9 Å². The van der Waals surface area contributed by atoms with E-state index >= 15 is 0 Å². The molecule has 3 aromatic rings. The number of hydrogen-bond acceptors (Lipinski definition) is 6. The molecule has 0 bridgehead atoms. The summed E-state index contributed by atoms with van der Waals surface area (Å²) in [6, 6.07) is 7.29. The van der Waals surface area contributed by atoms with Crippen LogP contribution in [0.4, 0.5) is 15.9 Å². The third-order valence-electron chi connectivity index (χ3n) is 6.24. The number of halogens is 1. The van der Waals surface area contributed by atoms with Crippen LogP contribution in [0, 0.1) is 12.7 Å². The molecule has 1 aromatic carbocycles. The van der Waals surface area contributed by atoms with Gasteiger partial charge in [0.25, 0.3) is 5.95 Å². The molecule has 1 saturated heterocycles. The van der Waals surface area contributed by atoms with Gasteiger partial charge in [0.15, 0.2) is 0 Å². The van der Waals surface area contributed by atoms with E-state index in [0.29, 0.717) is 17.8 Å². The summed E-state index contributed by atoms with van der Waals surface area (Å²) in [7, 11) is 0. The molecule has 2 N–H and O–H groups in total. The van der Waals surface area contributed by atoms with Crippen molar-refractivity contribution in [3.63, 3.8) is 0 Å². The van der Waals surface area contributed by atoms with Gasteiger partial charge in [-0.25, -0.2) is 14.1 Å². The Morgan fingerprint density at radius 2 is 2.16 bits per heavy atom. The van der Waals surface area contributed by atoms with Crippen molar-refractivity contribution in [2.75, 3.05) is 30.3 Å². The lowest BCUT2D eigenvalue weighted by molar-refractivity contribution is 0.282. The highest BCUT2D eigenvalue weighted by Gasteiger charge is 2.30. The molecule has 2 aliphatic heterocycles. The summed E-state index contributed by atoms with van der Waals surface area (Å²) < 4.78 is 15.5. The molecule has 0 aliphatic carbocycles. The Kier molecular flexibility index (Phi) is 5.05. The maximum absolute atomic E-state index is 13.8. The lowest BCUT2D eigenvalue weighted by Crippen LogP contribution is -2.53. The van der Waals surface area contributed by atoms with Crippen LogP contribution in [0.1, 0.15) is 23.2 Å². The Morgan fingerprint density at radius 3 is 3.03 bits per heavy atom. The normalized spacial score (nSPS) is 18.3. The van der Waals surface area contributed by atoms with Crippen LogP contribution in [0.25, 0.3) is 5.95 Å². The van der Waals surface area contributed by atoms with Gasteiger partial charge >= 0.3 is 0 Å². The summed E-state index contributed by atoms with van der Waals surface area (Å²) in [6.45, 7) is 4.81. The molecule has 0 spiro atoms. The zero-order chi connectivity index (χ0) is 21.4. The number of fused-ring (bicyclic) bond motifs is 3. The first-order valence-corrected chi connectivity index (χ1v) is 10.7. The maximum Gasteiger partial charge on any atom is 0.252 e. The molecule has 160 valence electrons. The number of aromatic nitrogens is 4.